The van der Waals surface area contributed by atoms with Gasteiger partial charge in [-0.15, -0.1) is 0 Å². The van der Waals surface area contributed by atoms with E-state index in [2.05, 4.69) is 32.1 Å². The van der Waals surface area contributed by atoms with Gasteiger partial charge in [0.25, 0.3) is 0 Å². The lowest BCUT2D eigenvalue weighted by atomic mass is 9.70. The predicted molar refractivity (Wildman–Crippen MR) is 189 cm³/mol. The molecule has 1 unspecified atom stereocenters. The Bertz CT molecular complexity index is 1460. The molecule has 0 radical (unpaired) electrons. The van der Waals surface area contributed by atoms with Crippen molar-refractivity contribution < 1.29 is 13.2 Å². The minimum absolute atomic E-state index is 0.242. The molecule has 0 aliphatic heterocycles. The van der Waals surface area contributed by atoms with Gasteiger partial charge in [-0.05, 0) is 116 Å². The first-order chi connectivity index (χ1) is 22.5. The minimum atomic E-state index is -0.803. The van der Waals surface area contributed by atoms with Gasteiger partial charge in [0.1, 0.15) is 5.82 Å². The summed E-state index contributed by atoms with van der Waals surface area (Å²) in [5, 5.41) is 0. The average Bonchev–Trinajstić information content (AvgIpc) is 3.09. The first-order valence-corrected chi connectivity index (χ1v) is 18.2. The van der Waals surface area contributed by atoms with Gasteiger partial charge in [-0.2, -0.15) is 0 Å². The van der Waals surface area contributed by atoms with Crippen LogP contribution in [0.25, 0.3) is 27.8 Å². The quantitative estimate of drug-likeness (QED) is 0.123. The number of rotatable bonds is 14. The third-order valence-electron chi connectivity index (χ3n) is 10.8. The molecule has 3 heteroatoms. The normalized spacial score (nSPS) is 20.3. The zero-order valence-electron chi connectivity index (χ0n) is 28.1. The van der Waals surface area contributed by atoms with Crippen molar-refractivity contribution in [2.75, 3.05) is 0 Å². The van der Waals surface area contributed by atoms with Crippen LogP contribution in [-0.4, -0.2) is 0 Å². The van der Waals surface area contributed by atoms with E-state index < -0.39 is 11.6 Å². The number of unbranched alkanes of at least 4 members (excludes halogenated alkanes) is 5. The summed E-state index contributed by atoms with van der Waals surface area (Å²) in [6, 6.07) is 16.1. The van der Waals surface area contributed by atoms with Crippen LogP contribution in [0, 0.1) is 35.2 Å². The molecule has 0 saturated heterocycles. The maximum Gasteiger partial charge on any atom is 0.166 e. The predicted octanol–water partition coefficient (Wildman–Crippen LogP) is 13.7. The zero-order chi connectivity index (χ0) is 32.3. The average molecular weight is 627 g/mol. The molecule has 1 fully saturated rings. The van der Waals surface area contributed by atoms with Crippen LogP contribution >= 0.6 is 0 Å². The van der Waals surface area contributed by atoms with Gasteiger partial charge in [0, 0.05) is 11.1 Å². The van der Waals surface area contributed by atoms with Crippen molar-refractivity contribution in [1.82, 2.24) is 0 Å². The maximum atomic E-state index is 15.4. The van der Waals surface area contributed by atoms with Crippen LogP contribution in [0.15, 0.2) is 72.8 Å². The lowest BCUT2D eigenvalue weighted by molar-refractivity contribution is 0.190. The Morgan fingerprint density at radius 1 is 0.696 bits per heavy atom. The molecule has 3 aromatic rings. The summed E-state index contributed by atoms with van der Waals surface area (Å²) in [6.07, 6.45) is 25.4. The molecule has 0 aromatic heterocycles. The second kappa shape index (κ2) is 17.2. The molecule has 0 amide bonds. The van der Waals surface area contributed by atoms with Gasteiger partial charge < -0.3 is 0 Å². The highest BCUT2D eigenvalue weighted by atomic mass is 19.2. The highest BCUT2D eigenvalue weighted by Gasteiger charge is 2.28. The number of hydrogen-bond donors (Lipinski definition) is 0. The third-order valence-corrected chi connectivity index (χ3v) is 10.8. The van der Waals surface area contributed by atoms with Crippen molar-refractivity contribution in [3.05, 3.63) is 101 Å². The van der Waals surface area contributed by atoms with Gasteiger partial charge in [-0.3, -0.25) is 0 Å². The highest BCUT2D eigenvalue weighted by Crippen LogP contribution is 2.42. The minimum Gasteiger partial charge on any atom is -0.206 e. The summed E-state index contributed by atoms with van der Waals surface area (Å²) < 4.78 is 45.4. The standard InChI is InChI=1S/C43H53F3/c1-3-5-7-8-9-11-13-37-26-29-40(43(46)42(37)45)36-24-22-35(23-25-36)39-28-27-38(30-41(39)44)34-20-18-33(19-21-34)32-16-14-31(15-17-32)12-10-6-4-2/h4,6,20,22-33H,3,5,7-19,21H2,1-2H3. The molecule has 2 aliphatic carbocycles. The summed E-state index contributed by atoms with van der Waals surface area (Å²) in [4.78, 5) is 0. The fourth-order valence-electron chi connectivity index (χ4n) is 7.87. The van der Waals surface area contributed by atoms with Crippen LogP contribution in [0.2, 0.25) is 0 Å². The molecule has 1 saturated carbocycles. The Morgan fingerprint density at radius 2 is 1.37 bits per heavy atom. The molecule has 5 rings (SSSR count). The Morgan fingerprint density at radius 3 is 2.04 bits per heavy atom. The van der Waals surface area contributed by atoms with Crippen LogP contribution in [0.5, 0.6) is 0 Å². The van der Waals surface area contributed by atoms with Gasteiger partial charge in [0.15, 0.2) is 11.6 Å². The summed E-state index contributed by atoms with van der Waals surface area (Å²) in [5.74, 6) is 0.699. The molecule has 0 heterocycles. The van der Waals surface area contributed by atoms with E-state index in [1.165, 1.54) is 69.8 Å². The highest BCUT2D eigenvalue weighted by molar-refractivity contribution is 5.74. The van der Waals surface area contributed by atoms with Crippen molar-refractivity contribution in [3.8, 4) is 22.3 Å². The molecule has 46 heavy (non-hydrogen) atoms. The third kappa shape index (κ3) is 8.84. The van der Waals surface area contributed by atoms with Gasteiger partial charge >= 0.3 is 0 Å². The van der Waals surface area contributed by atoms with Crippen molar-refractivity contribution >= 4 is 5.57 Å². The van der Waals surface area contributed by atoms with E-state index in [9.17, 15) is 4.39 Å². The topological polar surface area (TPSA) is 0 Å². The van der Waals surface area contributed by atoms with Gasteiger partial charge in [0.05, 0.1) is 0 Å². The van der Waals surface area contributed by atoms with Crippen LogP contribution in [0.1, 0.15) is 121 Å². The molecular formula is C43H53F3. The second-order valence-electron chi connectivity index (χ2n) is 13.9. The molecule has 0 spiro atoms. The summed E-state index contributed by atoms with van der Waals surface area (Å²) >= 11 is 0. The van der Waals surface area contributed by atoms with Crippen molar-refractivity contribution in [2.24, 2.45) is 17.8 Å². The van der Waals surface area contributed by atoms with E-state index in [4.69, 9.17) is 0 Å². The van der Waals surface area contributed by atoms with Crippen LogP contribution in [0.3, 0.4) is 0 Å². The second-order valence-corrected chi connectivity index (χ2v) is 13.9. The van der Waals surface area contributed by atoms with E-state index in [0.717, 1.165) is 61.0 Å². The lowest BCUT2D eigenvalue weighted by Gasteiger charge is -2.35. The van der Waals surface area contributed by atoms with Crippen molar-refractivity contribution in [1.29, 1.82) is 0 Å². The van der Waals surface area contributed by atoms with E-state index in [0.29, 0.717) is 23.1 Å². The number of halogens is 3. The molecule has 0 bridgehead atoms. The Labute approximate surface area is 276 Å². The van der Waals surface area contributed by atoms with E-state index in [1.807, 2.05) is 12.1 Å². The largest absolute Gasteiger partial charge is 0.206 e. The van der Waals surface area contributed by atoms with Gasteiger partial charge in [-0.1, -0.05) is 119 Å². The molecule has 3 aromatic carbocycles. The van der Waals surface area contributed by atoms with Crippen LogP contribution < -0.4 is 0 Å². The monoisotopic (exact) mass is 626 g/mol. The van der Waals surface area contributed by atoms with Crippen LogP contribution in [0.4, 0.5) is 13.2 Å². The maximum absolute atomic E-state index is 15.4. The Balaban J connectivity index is 1.17. The number of benzene rings is 3. The first kappa shape index (κ1) is 34.3. The van der Waals surface area contributed by atoms with Crippen molar-refractivity contribution in [2.45, 2.75) is 117 Å². The molecule has 246 valence electrons. The van der Waals surface area contributed by atoms with Crippen molar-refractivity contribution in [3.63, 3.8) is 0 Å². The molecule has 2 aliphatic rings. The van der Waals surface area contributed by atoms with E-state index >= 15 is 8.78 Å². The smallest absolute Gasteiger partial charge is 0.166 e. The fraction of sp³-hybridized carbons (Fsp3) is 0.488. The number of hydrogen-bond acceptors (Lipinski definition) is 0. The van der Waals surface area contributed by atoms with E-state index in [-0.39, 0.29) is 11.4 Å². The van der Waals surface area contributed by atoms with Gasteiger partial charge in [0.2, 0.25) is 0 Å². The first-order valence-electron chi connectivity index (χ1n) is 18.2. The molecule has 1 atom stereocenters. The molecular weight excluding hydrogens is 573 g/mol. The SMILES string of the molecule is CC=CCCC1CCC(C2CC=C(c3ccc(-c4ccc(-c5ccc(CCCCCCCC)c(F)c5F)cc4)c(F)c3)CC2)CC1. The molecule has 0 nitrogen and oxygen atoms in total. The molecule has 0 N–H and O–H groups in total. The Hall–Kier alpha value is -3.07. The fourth-order valence-corrected chi connectivity index (χ4v) is 7.87. The number of allylic oxidation sites excluding steroid dienone is 4. The van der Waals surface area contributed by atoms with Gasteiger partial charge in [-0.25, -0.2) is 13.2 Å². The van der Waals surface area contributed by atoms with E-state index in [1.54, 1.807) is 42.5 Å². The summed E-state index contributed by atoms with van der Waals surface area (Å²) in [7, 11) is 0. The summed E-state index contributed by atoms with van der Waals surface area (Å²) in [6.45, 7) is 4.29. The number of aryl methyl sites for hydroxylation is 1. The van der Waals surface area contributed by atoms with Crippen LogP contribution in [-0.2, 0) is 6.42 Å². The summed E-state index contributed by atoms with van der Waals surface area (Å²) in [5.41, 5.74) is 4.76. The lowest BCUT2D eigenvalue weighted by Crippen LogP contribution is -2.23. The zero-order valence-corrected chi connectivity index (χ0v) is 28.1. The Kier molecular flexibility index (Phi) is 12.8.